The molecule has 1 saturated heterocycles. The van der Waals surface area contributed by atoms with Gasteiger partial charge in [-0.05, 0) is 36.8 Å². The van der Waals surface area contributed by atoms with Crippen LogP contribution in [0, 0.1) is 5.82 Å². The second kappa shape index (κ2) is 7.75. The van der Waals surface area contributed by atoms with Crippen LogP contribution in [0.2, 0.25) is 0 Å². The lowest BCUT2D eigenvalue weighted by Gasteiger charge is -2.33. The van der Waals surface area contributed by atoms with Crippen molar-refractivity contribution in [3.8, 4) is 22.6 Å². The summed E-state index contributed by atoms with van der Waals surface area (Å²) < 4.78 is 31.0. The molecule has 0 radical (unpaired) electrons. The Hall–Kier alpha value is -3.06. The summed E-state index contributed by atoms with van der Waals surface area (Å²) in [5.74, 6) is 0.602. The molecule has 2 aromatic carbocycles. The molecule has 0 spiro atoms. The first-order valence-corrected chi connectivity index (χ1v) is 9.48. The fraction of sp³-hybridized carbons (Fsp3) is 0.318. The molecule has 1 N–H and O–H groups in total. The van der Waals surface area contributed by atoms with Gasteiger partial charge in [-0.2, -0.15) is 0 Å². The number of rotatable bonds is 4. The van der Waals surface area contributed by atoms with Crippen LogP contribution in [-0.2, 0) is 0 Å². The summed E-state index contributed by atoms with van der Waals surface area (Å²) in [7, 11) is 3.05. The van der Waals surface area contributed by atoms with E-state index in [0.29, 0.717) is 28.8 Å². The average Bonchev–Trinajstić information content (AvgIpc) is 2.72. The maximum atomic E-state index is 14.9. The van der Waals surface area contributed by atoms with Crippen molar-refractivity contribution in [3.05, 3.63) is 52.6 Å². The molecule has 29 heavy (non-hydrogen) atoms. The van der Waals surface area contributed by atoms with Gasteiger partial charge in [-0.15, -0.1) is 0 Å². The molecule has 4 rings (SSSR count). The molecule has 0 aliphatic carbocycles. The van der Waals surface area contributed by atoms with E-state index in [4.69, 9.17) is 13.9 Å². The molecule has 1 aliphatic rings. The molecule has 1 atom stereocenters. The van der Waals surface area contributed by atoms with Gasteiger partial charge in [0.1, 0.15) is 11.4 Å². The predicted molar refractivity (Wildman–Crippen MR) is 111 cm³/mol. The van der Waals surface area contributed by atoms with Crippen molar-refractivity contribution in [2.24, 2.45) is 0 Å². The summed E-state index contributed by atoms with van der Waals surface area (Å²) >= 11 is 0. The number of benzene rings is 2. The molecule has 0 amide bonds. The van der Waals surface area contributed by atoms with Gasteiger partial charge in [-0.25, -0.2) is 9.18 Å². The Bertz CT molecular complexity index is 1110. The van der Waals surface area contributed by atoms with Crippen LogP contribution < -0.4 is 25.3 Å². The third-order valence-corrected chi connectivity index (χ3v) is 5.22. The van der Waals surface area contributed by atoms with Crippen molar-refractivity contribution in [2.75, 3.05) is 38.8 Å². The van der Waals surface area contributed by atoms with Crippen molar-refractivity contribution < 1.29 is 18.3 Å². The highest BCUT2D eigenvalue weighted by atomic mass is 19.1. The van der Waals surface area contributed by atoms with Gasteiger partial charge in [0.15, 0.2) is 11.5 Å². The van der Waals surface area contributed by atoms with E-state index in [1.165, 1.54) is 26.4 Å². The first-order chi connectivity index (χ1) is 14.0. The molecule has 0 saturated carbocycles. The molecule has 0 unspecified atom stereocenters. The van der Waals surface area contributed by atoms with Crippen molar-refractivity contribution in [3.63, 3.8) is 0 Å². The van der Waals surface area contributed by atoms with Crippen LogP contribution in [0.4, 0.5) is 10.1 Å². The molecule has 1 aliphatic heterocycles. The highest BCUT2D eigenvalue weighted by molar-refractivity contribution is 5.85. The topological polar surface area (TPSA) is 63.9 Å². The normalized spacial score (nSPS) is 16.8. The van der Waals surface area contributed by atoms with E-state index in [1.54, 1.807) is 24.3 Å². The summed E-state index contributed by atoms with van der Waals surface area (Å²) in [5.41, 5.74) is 1.25. The molecular formula is C22H23FN2O4. The van der Waals surface area contributed by atoms with E-state index in [0.717, 1.165) is 19.6 Å². The van der Waals surface area contributed by atoms with Crippen LogP contribution in [-0.4, -0.2) is 39.9 Å². The van der Waals surface area contributed by atoms with E-state index in [2.05, 4.69) is 17.1 Å². The molecule has 7 heteroatoms. The van der Waals surface area contributed by atoms with Gasteiger partial charge in [0.25, 0.3) is 0 Å². The lowest BCUT2D eigenvalue weighted by atomic mass is 10.0. The number of nitrogens with one attached hydrogen (secondary N) is 1. The van der Waals surface area contributed by atoms with Gasteiger partial charge in [-0.3, -0.25) is 0 Å². The number of methoxy groups -OCH3 is 2. The van der Waals surface area contributed by atoms with Crippen molar-refractivity contribution in [2.45, 2.75) is 13.0 Å². The van der Waals surface area contributed by atoms with Gasteiger partial charge < -0.3 is 24.1 Å². The summed E-state index contributed by atoms with van der Waals surface area (Å²) in [6, 6.07) is 10.2. The summed E-state index contributed by atoms with van der Waals surface area (Å²) in [5, 5.41) is 3.62. The average molecular weight is 398 g/mol. The monoisotopic (exact) mass is 398 g/mol. The third kappa shape index (κ3) is 3.65. The Morgan fingerprint density at radius 1 is 1.14 bits per heavy atom. The van der Waals surface area contributed by atoms with Crippen LogP contribution in [0.5, 0.6) is 11.5 Å². The number of ether oxygens (including phenoxy) is 2. The van der Waals surface area contributed by atoms with E-state index in [9.17, 15) is 9.18 Å². The summed E-state index contributed by atoms with van der Waals surface area (Å²) in [6.07, 6.45) is 0. The zero-order valence-corrected chi connectivity index (χ0v) is 16.6. The van der Waals surface area contributed by atoms with Gasteiger partial charge in [0, 0.05) is 37.4 Å². The second-order valence-electron chi connectivity index (χ2n) is 7.16. The van der Waals surface area contributed by atoms with E-state index < -0.39 is 11.4 Å². The SMILES string of the molecule is COc1ccc(-c2cc3c(F)cc(N4CCN[C@H](C)C4)cc3oc2=O)cc1OC. The maximum Gasteiger partial charge on any atom is 0.344 e. The Morgan fingerprint density at radius 2 is 1.93 bits per heavy atom. The molecule has 0 bridgehead atoms. The minimum absolute atomic E-state index is 0.236. The van der Waals surface area contributed by atoms with Crippen LogP contribution in [0.1, 0.15) is 6.92 Å². The smallest absolute Gasteiger partial charge is 0.344 e. The quantitative estimate of drug-likeness (QED) is 0.680. The fourth-order valence-corrected chi connectivity index (χ4v) is 3.72. The Morgan fingerprint density at radius 3 is 2.66 bits per heavy atom. The number of nitrogens with zero attached hydrogens (tertiary/aromatic N) is 1. The van der Waals surface area contributed by atoms with Crippen LogP contribution in [0.25, 0.3) is 22.1 Å². The molecule has 1 aromatic heterocycles. The zero-order chi connectivity index (χ0) is 20.5. The predicted octanol–water partition coefficient (Wildman–Crippen LogP) is 3.41. The van der Waals surface area contributed by atoms with Gasteiger partial charge in [0.05, 0.1) is 25.2 Å². The lowest BCUT2D eigenvalue weighted by Crippen LogP contribution is -2.49. The van der Waals surface area contributed by atoms with E-state index >= 15 is 0 Å². The Balaban J connectivity index is 1.79. The fourth-order valence-electron chi connectivity index (χ4n) is 3.72. The first-order valence-electron chi connectivity index (χ1n) is 9.48. The second-order valence-corrected chi connectivity index (χ2v) is 7.16. The highest BCUT2D eigenvalue weighted by Gasteiger charge is 2.19. The zero-order valence-electron chi connectivity index (χ0n) is 16.6. The number of fused-ring (bicyclic) bond motifs is 1. The van der Waals surface area contributed by atoms with Gasteiger partial charge in [-0.1, -0.05) is 6.07 Å². The lowest BCUT2D eigenvalue weighted by molar-refractivity contribution is 0.355. The minimum atomic E-state index is -0.532. The third-order valence-electron chi connectivity index (χ3n) is 5.22. The van der Waals surface area contributed by atoms with E-state index in [-0.39, 0.29) is 16.5 Å². The Kier molecular flexibility index (Phi) is 5.15. The van der Waals surface area contributed by atoms with Crippen LogP contribution in [0.15, 0.2) is 45.6 Å². The van der Waals surface area contributed by atoms with Gasteiger partial charge in [0.2, 0.25) is 0 Å². The van der Waals surface area contributed by atoms with Crippen molar-refractivity contribution >= 4 is 16.7 Å². The Labute approximate surface area is 167 Å². The van der Waals surface area contributed by atoms with Crippen LogP contribution in [0.3, 0.4) is 0 Å². The minimum Gasteiger partial charge on any atom is -0.493 e. The molecule has 3 aromatic rings. The van der Waals surface area contributed by atoms with Crippen LogP contribution >= 0.6 is 0 Å². The molecule has 6 nitrogen and oxygen atoms in total. The summed E-state index contributed by atoms with van der Waals surface area (Å²) in [4.78, 5) is 14.7. The molecule has 152 valence electrons. The largest absolute Gasteiger partial charge is 0.493 e. The van der Waals surface area contributed by atoms with E-state index in [1.807, 2.05) is 0 Å². The summed E-state index contributed by atoms with van der Waals surface area (Å²) in [6.45, 7) is 4.43. The number of hydrogen-bond acceptors (Lipinski definition) is 6. The number of hydrogen-bond donors (Lipinski definition) is 1. The van der Waals surface area contributed by atoms with Crippen molar-refractivity contribution in [1.29, 1.82) is 0 Å². The number of anilines is 1. The molecule has 1 fully saturated rings. The van der Waals surface area contributed by atoms with Crippen molar-refractivity contribution in [1.82, 2.24) is 5.32 Å². The molecule has 2 heterocycles. The standard InChI is InChI=1S/C22H23FN2O4/c1-13-12-25(7-6-24-13)15-9-18(23)17-11-16(22(26)29-20(17)10-15)14-4-5-19(27-2)21(8-14)28-3/h4-5,8-11,13,24H,6-7,12H2,1-3H3/t13-/m1/s1. The first kappa shape index (κ1) is 19.3. The van der Waals surface area contributed by atoms with Gasteiger partial charge >= 0.3 is 5.63 Å². The molecular weight excluding hydrogens is 375 g/mol. The number of piperazine rings is 1. The highest BCUT2D eigenvalue weighted by Crippen LogP contribution is 2.33. The maximum absolute atomic E-state index is 14.9. The number of halogens is 1.